The monoisotopic (exact) mass is 201 g/mol. The van der Waals surface area contributed by atoms with E-state index in [1.165, 1.54) is 0 Å². The van der Waals surface area contributed by atoms with Crippen molar-refractivity contribution in [3.8, 4) is 11.5 Å². The van der Waals surface area contributed by atoms with Gasteiger partial charge in [0, 0.05) is 6.20 Å². The second-order valence-electron chi connectivity index (χ2n) is 2.96. The van der Waals surface area contributed by atoms with Crippen LogP contribution in [0.15, 0.2) is 52.5 Å². The van der Waals surface area contributed by atoms with Crippen LogP contribution in [0.5, 0.6) is 11.5 Å². The molecule has 3 rings (SSSR count). The van der Waals surface area contributed by atoms with Gasteiger partial charge in [-0.3, -0.25) is 0 Å². The van der Waals surface area contributed by atoms with Gasteiger partial charge in [0.2, 0.25) is 0 Å². The van der Waals surface area contributed by atoms with E-state index in [9.17, 15) is 0 Å². The number of fused-ring (bicyclic) bond motifs is 2. The van der Waals surface area contributed by atoms with E-state index < -0.39 is 0 Å². The van der Waals surface area contributed by atoms with Crippen LogP contribution >= 0.6 is 11.8 Å². The molecule has 0 radical (unpaired) electrons. The minimum absolute atomic E-state index is 0.844. The van der Waals surface area contributed by atoms with E-state index in [0.29, 0.717) is 0 Å². The summed E-state index contributed by atoms with van der Waals surface area (Å²) in [4.78, 5) is 5.38. The first kappa shape index (κ1) is 7.88. The summed E-state index contributed by atoms with van der Waals surface area (Å²) in [6, 6.07) is 11.8. The van der Waals surface area contributed by atoms with Gasteiger partial charge in [-0.15, -0.1) is 0 Å². The number of para-hydroxylation sites is 1. The van der Waals surface area contributed by atoms with Gasteiger partial charge in [-0.05, 0) is 24.3 Å². The van der Waals surface area contributed by atoms with Gasteiger partial charge in [0.25, 0.3) is 0 Å². The van der Waals surface area contributed by atoms with E-state index in [4.69, 9.17) is 4.74 Å². The van der Waals surface area contributed by atoms with Crippen molar-refractivity contribution in [2.75, 3.05) is 0 Å². The standard InChI is InChI=1S/C11H7NOS/c1-2-6-10-8(4-1)13-9-5-3-7-12-11(9)14-10/h1-7H. The molecule has 0 amide bonds. The van der Waals surface area contributed by atoms with E-state index in [2.05, 4.69) is 4.98 Å². The molecule has 2 nitrogen and oxygen atoms in total. The Balaban J connectivity index is 2.12. The number of ether oxygens (including phenoxy) is 1. The third-order valence-corrected chi connectivity index (χ3v) is 3.07. The molecule has 0 bridgehead atoms. The molecule has 0 atom stereocenters. The average Bonchev–Trinajstić information content (AvgIpc) is 2.26. The van der Waals surface area contributed by atoms with Crippen LogP contribution in [0.25, 0.3) is 0 Å². The molecular weight excluding hydrogens is 194 g/mol. The fourth-order valence-electron chi connectivity index (χ4n) is 1.37. The van der Waals surface area contributed by atoms with Crippen molar-refractivity contribution in [3.05, 3.63) is 42.6 Å². The maximum absolute atomic E-state index is 5.69. The first-order chi connectivity index (χ1) is 6.93. The Labute approximate surface area is 85.9 Å². The van der Waals surface area contributed by atoms with Gasteiger partial charge in [0.15, 0.2) is 5.75 Å². The van der Waals surface area contributed by atoms with E-state index in [-0.39, 0.29) is 0 Å². The molecule has 68 valence electrons. The van der Waals surface area contributed by atoms with Crippen LogP contribution in [0.2, 0.25) is 0 Å². The summed E-state index contributed by atoms with van der Waals surface area (Å²) < 4.78 is 5.69. The molecule has 1 aromatic carbocycles. The van der Waals surface area contributed by atoms with Crippen molar-refractivity contribution in [1.29, 1.82) is 0 Å². The number of nitrogens with zero attached hydrogens (tertiary/aromatic N) is 1. The number of benzene rings is 1. The molecule has 2 heterocycles. The summed E-state index contributed by atoms with van der Waals surface area (Å²) in [7, 11) is 0. The average molecular weight is 201 g/mol. The lowest BCUT2D eigenvalue weighted by atomic mass is 10.3. The first-order valence-corrected chi connectivity index (χ1v) is 5.15. The van der Waals surface area contributed by atoms with Crippen LogP contribution in [-0.2, 0) is 0 Å². The Kier molecular flexibility index (Phi) is 1.70. The molecule has 0 saturated carbocycles. The predicted octanol–water partition coefficient (Wildman–Crippen LogP) is 3.34. The largest absolute Gasteiger partial charge is 0.453 e. The Hall–Kier alpha value is -1.48. The van der Waals surface area contributed by atoms with Crippen LogP contribution in [0.4, 0.5) is 0 Å². The smallest absolute Gasteiger partial charge is 0.160 e. The lowest BCUT2D eigenvalue weighted by Gasteiger charge is -2.17. The summed E-state index contributed by atoms with van der Waals surface area (Å²) in [5.74, 6) is 1.76. The van der Waals surface area contributed by atoms with Crippen molar-refractivity contribution >= 4 is 11.8 Å². The van der Waals surface area contributed by atoms with Crippen molar-refractivity contribution < 1.29 is 4.74 Å². The number of pyridine rings is 1. The molecule has 0 aliphatic carbocycles. The highest BCUT2D eigenvalue weighted by molar-refractivity contribution is 7.99. The molecule has 0 saturated heterocycles. The van der Waals surface area contributed by atoms with Crippen LogP contribution in [-0.4, -0.2) is 4.98 Å². The second kappa shape index (κ2) is 3.03. The molecule has 1 aromatic heterocycles. The summed E-state index contributed by atoms with van der Waals surface area (Å²) in [5, 5.41) is 0.936. The van der Waals surface area contributed by atoms with Crippen LogP contribution < -0.4 is 4.74 Å². The Morgan fingerprint density at radius 1 is 1.00 bits per heavy atom. The summed E-state index contributed by atoms with van der Waals surface area (Å²) in [6.45, 7) is 0. The highest BCUT2D eigenvalue weighted by Crippen LogP contribution is 2.45. The van der Waals surface area contributed by atoms with Gasteiger partial charge in [-0.25, -0.2) is 4.98 Å². The second-order valence-corrected chi connectivity index (χ2v) is 3.99. The van der Waals surface area contributed by atoms with Crippen LogP contribution in [0.3, 0.4) is 0 Å². The Morgan fingerprint density at radius 2 is 1.86 bits per heavy atom. The highest BCUT2D eigenvalue weighted by Gasteiger charge is 2.17. The SMILES string of the molecule is c1ccc2c(c1)Oc1cccnc1S2. The zero-order valence-corrected chi connectivity index (χ0v) is 8.12. The zero-order valence-electron chi connectivity index (χ0n) is 7.31. The lowest BCUT2D eigenvalue weighted by molar-refractivity contribution is 0.449. The Bertz CT molecular complexity index is 397. The van der Waals surface area contributed by atoms with E-state index in [1.807, 2.05) is 36.4 Å². The van der Waals surface area contributed by atoms with Crippen molar-refractivity contribution in [1.82, 2.24) is 4.98 Å². The van der Waals surface area contributed by atoms with E-state index >= 15 is 0 Å². The normalized spacial score (nSPS) is 12.6. The first-order valence-electron chi connectivity index (χ1n) is 4.33. The molecule has 0 fully saturated rings. The molecule has 1 aliphatic heterocycles. The molecule has 2 aromatic rings. The van der Waals surface area contributed by atoms with Crippen LogP contribution in [0, 0.1) is 0 Å². The summed E-state index contributed by atoms with van der Waals surface area (Å²) in [5.41, 5.74) is 0. The van der Waals surface area contributed by atoms with Crippen molar-refractivity contribution in [2.24, 2.45) is 0 Å². The third kappa shape index (κ3) is 1.17. The molecule has 1 aliphatic rings. The topological polar surface area (TPSA) is 22.1 Å². The van der Waals surface area contributed by atoms with Crippen molar-refractivity contribution in [3.63, 3.8) is 0 Å². The molecule has 3 heteroatoms. The minimum Gasteiger partial charge on any atom is -0.453 e. The maximum atomic E-state index is 5.69. The third-order valence-electron chi connectivity index (χ3n) is 2.01. The number of hydrogen-bond acceptors (Lipinski definition) is 3. The molecule has 0 spiro atoms. The Morgan fingerprint density at radius 3 is 2.86 bits per heavy atom. The van der Waals surface area contributed by atoms with Gasteiger partial charge < -0.3 is 4.74 Å². The number of rotatable bonds is 0. The van der Waals surface area contributed by atoms with E-state index in [0.717, 1.165) is 21.4 Å². The van der Waals surface area contributed by atoms with Gasteiger partial charge in [0.05, 0.1) is 4.90 Å². The zero-order chi connectivity index (χ0) is 9.38. The quantitative estimate of drug-likeness (QED) is 0.557. The summed E-state index contributed by atoms with van der Waals surface area (Å²) in [6.07, 6.45) is 1.78. The lowest BCUT2D eigenvalue weighted by Crippen LogP contribution is -1.95. The van der Waals surface area contributed by atoms with Crippen molar-refractivity contribution in [2.45, 2.75) is 9.92 Å². The molecule has 14 heavy (non-hydrogen) atoms. The number of hydrogen-bond donors (Lipinski definition) is 0. The molecule has 0 N–H and O–H groups in total. The van der Waals surface area contributed by atoms with Gasteiger partial charge in [-0.1, -0.05) is 23.9 Å². The predicted molar refractivity (Wildman–Crippen MR) is 54.9 cm³/mol. The highest BCUT2D eigenvalue weighted by atomic mass is 32.2. The maximum Gasteiger partial charge on any atom is 0.160 e. The van der Waals surface area contributed by atoms with Gasteiger partial charge in [-0.2, -0.15) is 0 Å². The van der Waals surface area contributed by atoms with Gasteiger partial charge in [0.1, 0.15) is 10.8 Å². The fourth-order valence-corrected chi connectivity index (χ4v) is 2.26. The molecular formula is C11H7NOS. The fraction of sp³-hybridized carbons (Fsp3) is 0. The van der Waals surface area contributed by atoms with E-state index in [1.54, 1.807) is 18.0 Å². The van der Waals surface area contributed by atoms with Crippen LogP contribution in [0.1, 0.15) is 0 Å². The minimum atomic E-state index is 0.844. The number of aromatic nitrogens is 1. The van der Waals surface area contributed by atoms with Gasteiger partial charge >= 0.3 is 0 Å². The molecule has 0 unspecified atom stereocenters. The summed E-state index contributed by atoms with van der Waals surface area (Å²) >= 11 is 1.65.